The van der Waals surface area contributed by atoms with Gasteiger partial charge in [0, 0.05) is 19.5 Å². The molecule has 0 spiro atoms. The summed E-state index contributed by atoms with van der Waals surface area (Å²) in [6.45, 7) is 10.1. The van der Waals surface area contributed by atoms with Crippen molar-refractivity contribution in [2.24, 2.45) is 5.73 Å². The van der Waals surface area contributed by atoms with E-state index in [2.05, 4.69) is 10.6 Å². The molecule has 15 heavy (non-hydrogen) atoms. The average Bonchev–Trinajstić information content (AvgIpc) is 2.32. The Hall–Kier alpha value is -0.610. The average molecular weight is 219 g/mol. The lowest BCUT2D eigenvalue weighted by atomic mass is 10.3. The van der Waals surface area contributed by atoms with Crippen LogP contribution in [0.5, 0.6) is 0 Å². The molecular formula is C11H29N3O. The molecule has 1 amide bonds. The Morgan fingerprint density at radius 1 is 1.13 bits per heavy atom. The molecule has 0 aliphatic heterocycles. The van der Waals surface area contributed by atoms with Gasteiger partial charge >= 0.3 is 0 Å². The van der Waals surface area contributed by atoms with E-state index in [9.17, 15) is 4.79 Å². The molecule has 0 heterocycles. The van der Waals surface area contributed by atoms with Crippen LogP contribution in [0.1, 0.15) is 40.5 Å². The van der Waals surface area contributed by atoms with Crippen LogP contribution in [0.25, 0.3) is 0 Å². The molecule has 0 rings (SSSR count). The van der Waals surface area contributed by atoms with E-state index >= 15 is 0 Å². The van der Waals surface area contributed by atoms with Crippen molar-refractivity contribution in [3.05, 3.63) is 0 Å². The van der Waals surface area contributed by atoms with E-state index in [0.29, 0.717) is 19.5 Å². The fraction of sp³-hybridized carbons (Fsp3) is 0.909. The van der Waals surface area contributed by atoms with Crippen LogP contribution in [0.4, 0.5) is 0 Å². The Bertz CT molecular complexity index is 108. The maximum absolute atomic E-state index is 10.9. The highest BCUT2D eigenvalue weighted by Crippen LogP contribution is 1.83. The molecular weight excluding hydrogens is 190 g/mol. The number of amides is 1. The van der Waals surface area contributed by atoms with Gasteiger partial charge < -0.3 is 16.4 Å². The molecule has 0 aromatic carbocycles. The molecule has 0 aromatic rings. The number of carbonyl (C=O) groups excluding carboxylic acids is 1. The second-order valence-electron chi connectivity index (χ2n) is 2.35. The molecule has 0 radical (unpaired) electrons. The standard InChI is InChI=1S/C7H17N3O.2C2H6/c1-9-5-6-10-7(11)3-2-4-8;2*1-2/h9H,2-6,8H2,1H3,(H,10,11);2*1-2H3. The smallest absolute Gasteiger partial charge is 0.220 e. The maximum Gasteiger partial charge on any atom is 0.220 e. The summed E-state index contributed by atoms with van der Waals surface area (Å²) in [6, 6.07) is 0. The van der Waals surface area contributed by atoms with Crippen molar-refractivity contribution in [1.82, 2.24) is 10.6 Å². The number of nitrogens with two attached hydrogens (primary N) is 1. The normalized spacial score (nSPS) is 7.87. The molecule has 0 aliphatic carbocycles. The first-order chi connectivity index (χ1) is 7.31. The highest BCUT2D eigenvalue weighted by Gasteiger charge is 1.97. The van der Waals surface area contributed by atoms with E-state index in [0.717, 1.165) is 13.0 Å². The number of hydrogen-bond donors (Lipinski definition) is 3. The van der Waals surface area contributed by atoms with Gasteiger partial charge in [-0.15, -0.1) is 0 Å². The number of hydrogen-bond acceptors (Lipinski definition) is 3. The molecule has 94 valence electrons. The summed E-state index contributed by atoms with van der Waals surface area (Å²) in [5, 5.41) is 5.70. The van der Waals surface area contributed by atoms with E-state index in [1.54, 1.807) is 0 Å². The molecule has 4 N–H and O–H groups in total. The van der Waals surface area contributed by atoms with Gasteiger partial charge in [-0.1, -0.05) is 27.7 Å². The van der Waals surface area contributed by atoms with Crippen molar-refractivity contribution in [2.45, 2.75) is 40.5 Å². The van der Waals surface area contributed by atoms with Gasteiger partial charge in [-0.2, -0.15) is 0 Å². The molecule has 4 heteroatoms. The van der Waals surface area contributed by atoms with Crippen LogP contribution in [0.2, 0.25) is 0 Å². The summed E-state index contributed by atoms with van der Waals surface area (Å²) in [6.07, 6.45) is 1.31. The zero-order valence-corrected chi connectivity index (χ0v) is 11.0. The largest absolute Gasteiger partial charge is 0.355 e. The predicted octanol–water partition coefficient (Wildman–Crippen LogP) is 1.11. The SMILES string of the molecule is CC.CC.CNCCNC(=O)CCCN. The first kappa shape index (κ1) is 19.9. The van der Waals surface area contributed by atoms with Crippen LogP contribution < -0.4 is 16.4 Å². The third-order valence-electron chi connectivity index (χ3n) is 1.31. The number of rotatable bonds is 6. The topological polar surface area (TPSA) is 67.1 Å². The second-order valence-corrected chi connectivity index (χ2v) is 2.35. The lowest BCUT2D eigenvalue weighted by molar-refractivity contribution is -0.121. The summed E-state index contributed by atoms with van der Waals surface area (Å²) >= 11 is 0. The minimum atomic E-state index is 0.0886. The second kappa shape index (κ2) is 23.3. The zero-order chi connectivity index (χ0) is 12.5. The summed E-state index contributed by atoms with van der Waals surface area (Å²) in [5.74, 6) is 0.0886. The minimum absolute atomic E-state index is 0.0886. The number of nitrogens with one attached hydrogen (secondary N) is 2. The van der Waals surface area contributed by atoms with Gasteiger partial charge in [-0.3, -0.25) is 4.79 Å². The molecule has 0 fully saturated rings. The monoisotopic (exact) mass is 219 g/mol. The van der Waals surface area contributed by atoms with Crippen molar-refractivity contribution in [2.75, 3.05) is 26.7 Å². The maximum atomic E-state index is 10.9. The first-order valence-corrected chi connectivity index (χ1v) is 5.92. The Labute approximate surface area is 95.0 Å². The van der Waals surface area contributed by atoms with Crippen molar-refractivity contribution in [3.63, 3.8) is 0 Å². The zero-order valence-electron chi connectivity index (χ0n) is 11.0. The van der Waals surface area contributed by atoms with Crippen LogP contribution in [-0.4, -0.2) is 32.6 Å². The third-order valence-corrected chi connectivity index (χ3v) is 1.31. The minimum Gasteiger partial charge on any atom is -0.355 e. The van der Waals surface area contributed by atoms with Gasteiger partial charge in [0.05, 0.1) is 0 Å². The molecule has 0 aromatic heterocycles. The Kier molecular flexibility index (Phi) is 30.9. The summed E-state index contributed by atoms with van der Waals surface area (Å²) in [7, 11) is 1.85. The first-order valence-electron chi connectivity index (χ1n) is 5.92. The fourth-order valence-electron chi connectivity index (χ4n) is 0.678. The third kappa shape index (κ3) is 24.7. The highest BCUT2D eigenvalue weighted by atomic mass is 16.1. The number of likely N-dealkylation sites (N-methyl/N-ethyl adjacent to an activating group) is 1. The van der Waals surface area contributed by atoms with Gasteiger partial charge in [0.1, 0.15) is 0 Å². The van der Waals surface area contributed by atoms with Crippen LogP contribution in [0.3, 0.4) is 0 Å². The van der Waals surface area contributed by atoms with Gasteiger partial charge in [-0.25, -0.2) is 0 Å². The molecule has 0 aliphatic rings. The van der Waals surface area contributed by atoms with Gasteiger partial charge in [0.15, 0.2) is 0 Å². The molecule has 0 atom stereocenters. The van der Waals surface area contributed by atoms with E-state index in [1.807, 2.05) is 34.7 Å². The molecule has 0 unspecified atom stereocenters. The van der Waals surface area contributed by atoms with E-state index in [1.165, 1.54) is 0 Å². The predicted molar refractivity (Wildman–Crippen MR) is 67.9 cm³/mol. The quantitative estimate of drug-likeness (QED) is 0.586. The van der Waals surface area contributed by atoms with Gasteiger partial charge in [0.2, 0.25) is 5.91 Å². The Morgan fingerprint density at radius 2 is 1.67 bits per heavy atom. The lowest BCUT2D eigenvalue weighted by Crippen LogP contribution is -2.30. The van der Waals surface area contributed by atoms with Crippen molar-refractivity contribution in [1.29, 1.82) is 0 Å². The van der Waals surface area contributed by atoms with Crippen molar-refractivity contribution < 1.29 is 4.79 Å². The summed E-state index contributed by atoms with van der Waals surface area (Å²) < 4.78 is 0. The van der Waals surface area contributed by atoms with Crippen molar-refractivity contribution >= 4 is 5.91 Å². The van der Waals surface area contributed by atoms with Crippen LogP contribution >= 0.6 is 0 Å². The van der Waals surface area contributed by atoms with Crippen LogP contribution in [0.15, 0.2) is 0 Å². The van der Waals surface area contributed by atoms with Crippen LogP contribution in [-0.2, 0) is 4.79 Å². The molecule has 0 saturated heterocycles. The highest BCUT2D eigenvalue weighted by molar-refractivity contribution is 5.75. The fourth-order valence-corrected chi connectivity index (χ4v) is 0.678. The van der Waals surface area contributed by atoms with Crippen molar-refractivity contribution in [3.8, 4) is 0 Å². The molecule has 0 bridgehead atoms. The summed E-state index contributed by atoms with van der Waals surface area (Å²) in [5.41, 5.74) is 5.24. The molecule has 0 saturated carbocycles. The number of carbonyl (C=O) groups is 1. The Balaban J connectivity index is -0.000000318. The Morgan fingerprint density at radius 3 is 2.07 bits per heavy atom. The van der Waals surface area contributed by atoms with E-state index in [4.69, 9.17) is 5.73 Å². The summed E-state index contributed by atoms with van der Waals surface area (Å²) in [4.78, 5) is 10.9. The van der Waals surface area contributed by atoms with E-state index in [-0.39, 0.29) is 5.91 Å². The van der Waals surface area contributed by atoms with Crippen LogP contribution in [0, 0.1) is 0 Å². The van der Waals surface area contributed by atoms with E-state index < -0.39 is 0 Å². The van der Waals surface area contributed by atoms with Gasteiger partial charge in [0.25, 0.3) is 0 Å². The lowest BCUT2D eigenvalue weighted by Gasteiger charge is -2.02. The van der Waals surface area contributed by atoms with Gasteiger partial charge in [-0.05, 0) is 20.0 Å². The molecule has 4 nitrogen and oxygen atoms in total.